The van der Waals surface area contributed by atoms with E-state index in [4.69, 9.17) is 4.74 Å². The van der Waals surface area contributed by atoms with Gasteiger partial charge < -0.3 is 19.2 Å². The number of hydrogen-bond acceptors (Lipinski definition) is 2. The first-order valence-corrected chi connectivity index (χ1v) is 9.17. The minimum absolute atomic E-state index is 0.0184. The van der Waals surface area contributed by atoms with Crippen molar-refractivity contribution in [3.05, 3.63) is 67.0 Å². The molecule has 0 bridgehead atoms. The summed E-state index contributed by atoms with van der Waals surface area (Å²) in [5.41, 5.74) is 3.11. The number of methoxy groups -OCH3 is 1. The maximum absolute atomic E-state index is 12.5. The summed E-state index contributed by atoms with van der Waals surface area (Å²) in [5, 5.41) is 5.31. The average Bonchev–Trinajstić information content (AvgIpc) is 3.29. The van der Waals surface area contributed by atoms with Crippen molar-refractivity contribution in [1.82, 2.24) is 9.13 Å². The monoisotopic (exact) mass is 361 g/mol. The molecule has 5 heteroatoms. The molecule has 0 aliphatic carbocycles. The topological polar surface area (TPSA) is 48.2 Å². The van der Waals surface area contributed by atoms with Crippen LogP contribution in [0.3, 0.4) is 0 Å². The van der Waals surface area contributed by atoms with Gasteiger partial charge in [-0.15, -0.1) is 0 Å². The van der Waals surface area contributed by atoms with Gasteiger partial charge in [-0.05, 0) is 35.7 Å². The van der Waals surface area contributed by atoms with Crippen molar-refractivity contribution in [2.75, 3.05) is 19.0 Å². The Morgan fingerprint density at radius 1 is 0.926 bits per heavy atom. The normalized spacial score (nSPS) is 11.3. The summed E-state index contributed by atoms with van der Waals surface area (Å²) >= 11 is 0. The first-order valence-electron chi connectivity index (χ1n) is 9.17. The molecule has 5 nitrogen and oxygen atoms in total. The lowest BCUT2D eigenvalue weighted by molar-refractivity contribution is -0.116. The first kappa shape index (κ1) is 17.4. The van der Waals surface area contributed by atoms with Crippen LogP contribution >= 0.6 is 0 Å². The molecule has 4 aromatic rings. The van der Waals surface area contributed by atoms with Gasteiger partial charge in [0.1, 0.15) is 0 Å². The highest BCUT2D eigenvalue weighted by molar-refractivity contribution is 6.01. The van der Waals surface area contributed by atoms with Gasteiger partial charge in [0.2, 0.25) is 5.91 Å². The molecule has 2 aromatic carbocycles. The lowest BCUT2D eigenvalue weighted by atomic mass is 10.2. The zero-order valence-electron chi connectivity index (χ0n) is 15.4. The number of anilines is 1. The van der Waals surface area contributed by atoms with Crippen molar-refractivity contribution < 1.29 is 9.53 Å². The standard InChI is InChI=1S/C22H23N3O2/c1-27-16-15-25-13-10-18-19(6-4-8-21(18)25)23-22(26)11-14-24-12-9-17-5-2-3-7-20(17)24/h2-10,12-13H,11,14-16H2,1H3,(H,23,26). The summed E-state index contributed by atoms with van der Waals surface area (Å²) < 4.78 is 9.42. The molecule has 0 spiro atoms. The van der Waals surface area contributed by atoms with E-state index >= 15 is 0 Å². The van der Waals surface area contributed by atoms with Crippen molar-refractivity contribution in [3.8, 4) is 0 Å². The molecule has 2 aromatic heterocycles. The lowest BCUT2D eigenvalue weighted by Crippen LogP contribution is -2.14. The van der Waals surface area contributed by atoms with Crippen LogP contribution in [-0.2, 0) is 22.6 Å². The van der Waals surface area contributed by atoms with Gasteiger partial charge in [0.15, 0.2) is 0 Å². The van der Waals surface area contributed by atoms with E-state index in [9.17, 15) is 4.79 Å². The van der Waals surface area contributed by atoms with E-state index in [0.29, 0.717) is 19.6 Å². The van der Waals surface area contributed by atoms with Gasteiger partial charge in [0.25, 0.3) is 0 Å². The minimum atomic E-state index is 0.0184. The van der Waals surface area contributed by atoms with Gasteiger partial charge >= 0.3 is 0 Å². The van der Waals surface area contributed by atoms with Crippen LogP contribution in [0.4, 0.5) is 5.69 Å². The molecular formula is C22H23N3O2. The molecule has 0 saturated heterocycles. The number of carbonyl (C=O) groups excluding carboxylic acids is 1. The number of aryl methyl sites for hydroxylation is 1. The van der Waals surface area contributed by atoms with Crippen molar-refractivity contribution in [2.45, 2.75) is 19.5 Å². The number of amides is 1. The molecule has 2 heterocycles. The third-order valence-corrected chi connectivity index (χ3v) is 4.88. The van der Waals surface area contributed by atoms with E-state index in [1.54, 1.807) is 7.11 Å². The third kappa shape index (κ3) is 3.59. The zero-order valence-corrected chi connectivity index (χ0v) is 15.4. The fourth-order valence-corrected chi connectivity index (χ4v) is 3.49. The first-order chi connectivity index (χ1) is 13.3. The Bertz CT molecular complexity index is 1080. The Hall–Kier alpha value is -3.05. The molecule has 1 amide bonds. The number of fused-ring (bicyclic) bond motifs is 2. The Labute approximate surface area is 158 Å². The molecule has 138 valence electrons. The molecular weight excluding hydrogens is 338 g/mol. The number of nitrogens with one attached hydrogen (secondary N) is 1. The lowest BCUT2D eigenvalue weighted by Gasteiger charge is -2.09. The molecule has 0 fully saturated rings. The number of para-hydroxylation sites is 1. The fourth-order valence-electron chi connectivity index (χ4n) is 3.49. The number of benzene rings is 2. The molecule has 1 N–H and O–H groups in total. The van der Waals surface area contributed by atoms with Crippen molar-refractivity contribution in [3.63, 3.8) is 0 Å². The maximum atomic E-state index is 12.5. The van der Waals surface area contributed by atoms with Crippen LogP contribution in [-0.4, -0.2) is 28.8 Å². The van der Waals surface area contributed by atoms with Crippen LogP contribution in [0.15, 0.2) is 67.0 Å². The second kappa shape index (κ2) is 7.68. The number of rotatable bonds is 7. The fraction of sp³-hybridized carbons (Fsp3) is 0.227. The highest BCUT2D eigenvalue weighted by atomic mass is 16.5. The van der Waals surface area contributed by atoms with Crippen molar-refractivity contribution in [1.29, 1.82) is 0 Å². The SMILES string of the molecule is COCCn1ccc2c(NC(=O)CCn3ccc4ccccc43)cccc21. The van der Waals surface area contributed by atoms with Gasteiger partial charge in [0.05, 0.1) is 17.8 Å². The quantitative estimate of drug-likeness (QED) is 0.534. The Morgan fingerprint density at radius 3 is 2.59 bits per heavy atom. The molecule has 27 heavy (non-hydrogen) atoms. The van der Waals surface area contributed by atoms with E-state index in [1.165, 1.54) is 5.39 Å². The zero-order chi connectivity index (χ0) is 18.6. The third-order valence-electron chi connectivity index (χ3n) is 4.88. The van der Waals surface area contributed by atoms with E-state index in [-0.39, 0.29) is 5.91 Å². The smallest absolute Gasteiger partial charge is 0.226 e. The summed E-state index contributed by atoms with van der Waals surface area (Å²) in [7, 11) is 1.70. The minimum Gasteiger partial charge on any atom is -0.383 e. The van der Waals surface area contributed by atoms with Gasteiger partial charge in [-0.25, -0.2) is 0 Å². The Morgan fingerprint density at radius 2 is 1.70 bits per heavy atom. The number of carbonyl (C=O) groups is 1. The predicted molar refractivity (Wildman–Crippen MR) is 109 cm³/mol. The van der Waals surface area contributed by atoms with Crippen LogP contribution in [0, 0.1) is 0 Å². The summed E-state index contributed by atoms with van der Waals surface area (Å²) in [6, 6.07) is 18.3. The second-order valence-electron chi connectivity index (χ2n) is 6.61. The largest absolute Gasteiger partial charge is 0.383 e. The molecule has 0 aliphatic rings. The molecule has 0 unspecified atom stereocenters. The molecule has 0 radical (unpaired) electrons. The Balaban J connectivity index is 1.45. The molecule has 0 saturated carbocycles. The highest BCUT2D eigenvalue weighted by Gasteiger charge is 2.09. The summed E-state index contributed by atoms with van der Waals surface area (Å²) in [4.78, 5) is 12.5. The second-order valence-corrected chi connectivity index (χ2v) is 6.61. The molecule has 0 atom stereocenters. The number of nitrogens with zero attached hydrogens (tertiary/aromatic N) is 2. The van der Waals surface area contributed by atoms with E-state index in [1.807, 2.05) is 42.7 Å². The van der Waals surface area contributed by atoms with Crippen LogP contribution in [0.25, 0.3) is 21.8 Å². The summed E-state index contributed by atoms with van der Waals surface area (Å²) in [5.74, 6) is 0.0184. The number of hydrogen-bond donors (Lipinski definition) is 1. The molecule has 0 aliphatic heterocycles. The van der Waals surface area contributed by atoms with Gasteiger partial charge in [-0.2, -0.15) is 0 Å². The number of aromatic nitrogens is 2. The van der Waals surface area contributed by atoms with Crippen LogP contribution in [0.1, 0.15) is 6.42 Å². The van der Waals surface area contributed by atoms with Crippen molar-refractivity contribution in [2.24, 2.45) is 0 Å². The van der Waals surface area contributed by atoms with E-state index < -0.39 is 0 Å². The van der Waals surface area contributed by atoms with Crippen molar-refractivity contribution >= 4 is 33.4 Å². The maximum Gasteiger partial charge on any atom is 0.226 e. The highest BCUT2D eigenvalue weighted by Crippen LogP contribution is 2.25. The molecule has 4 rings (SSSR count). The predicted octanol–water partition coefficient (Wildman–Crippen LogP) is 4.27. The van der Waals surface area contributed by atoms with Gasteiger partial charge in [-0.1, -0.05) is 24.3 Å². The summed E-state index contributed by atoms with van der Waals surface area (Å²) in [6.45, 7) is 2.10. The van der Waals surface area contributed by atoms with Crippen LogP contribution < -0.4 is 5.32 Å². The average molecular weight is 361 g/mol. The number of ether oxygens (including phenoxy) is 1. The van der Waals surface area contributed by atoms with Crippen LogP contribution in [0.5, 0.6) is 0 Å². The van der Waals surface area contributed by atoms with E-state index in [0.717, 1.165) is 28.7 Å². The summed E-state index contributed by atoms with van der Waals surface area (Å²) in [6.07, 6.45) is 4.50. The van der Waals surface area contributed by atoms with Gasteiger partial charge in [-0.3, -0.25) is 4.79 Å². The van der Waals surface area contributed by atoms with E-state index in [2.05, 4.69) is 38.7 Å². The Kier molecular flexibility index (Phi) is 4.94. The van der Waals surface area contributed by atoms with Crippen LogP contribution in [0.2, 0.25) is 0 Å². The van der Waals surface area contributed by atoms with Gasteiger partial charge in [0, 0.05) is 49.9 Å².